The van der Waals surface area contributed by atoms with Crippen molar-refractivity contribution in [2.75, 3.05) is 7.05 Å². The van der Waals surface area contributed by atoms with E-state index in [1.807, 2.05) is 7.05 Å². The van der Waals surface area contributed by atoms with Gasteiger partial charge in [0.15, 0.2) is 0 Å². The van der Waals surface area contributed by atoms with Crippen LogP contribution in [0.3, 0.4) is 0 Å². The first-order chi connectivity index (χ1) is 5.81. The molecule has 0 bridgehead atoms. The summed E-state index contributed by atoms with van der Waals surface area (Å²) < 4.78 is 0. The predicted molar refractivity (Wildman–Crippen MR) is 51.3 cm³/mol. The molecule has 1 heteroatoms. The largest absolute Gasteiger partial charge is 0.313 e. The second-order valence-corrected chi connectivity index (χ2v) is 3.58. The number of aryl methyl sites for hydroxylation is 2. The van der Waals surface area contributed by atoms with Gasteiger partial charge in [0, 0.05) is 6.04 Å². The molecule has 1 nitrogen and oxygen atoms in total. The molecular formula is C11H15N. The highest BCUT2D eigenvalue weighted by atomic mass is 14.9. The standard InChI is InChI=1S/C11H15N/c1-8-3-5-10-9(7-8)4-6-11(10)12-2/h3,5,7,11-12H,4,6H2,1-2H3. The van der Waals surface area contributed by atoms with Gasteiger partial charge in [-0.05, 0) is 37.9 Å². The lowest BCUT2D eigenvalue weighted by Gasteiger charge is -2.09. The van der Waals surface area contributed by atoms with E-state index in [1.165, 1.54) is 29.5 Å². The molecule has 0 spiro atoms. The van der Waals surface area contributed by atoms with Gasteiger partial charge in [-0.3, -0.25) is 0 Å². The Morgan fingerprint density at radius 3 is 3.00 bits per heavy atom. The number of nitrogens with one attached hydrogen (secondary N) is 1. The van der Waals surface area contributed by atoms with E-state index in [2.05, 4.69) is 30.4 Å². The Kier molecular flexibility index (Phi) is 1.89. The number of benzene rings is 1. The summed E-state index contributed by atoms with van der Waals surface area (Å²) in [6.45, 7) is 2.16. The average molecular weight is 161 g/mol. The Balaban J connectivity index is 2.40. The van der Waals surface area contributed by atoms with Gasteiger partial charge < -0.3 is 5.32 Å². The number of hydrogen-bond donors (Lipinski definition) is 1. The third kappa shape index (κ3) is 1.14. The molecule has 1 aromatic rings. The smallest absolute Gasteiger partial charge is 0.0323 e. The van der Waals surface area contributed by atoms with Crippen molar-refractivity contribution < 1.29 is 0 Å². The summed E-state index contributed by atoms with van der Waals surface area (Å²) in [7, 11) is 2.04. The van der Waals surface area contributed by atoms with Crippen molar-refractivity contribution in [3.63, 3.8) is 0 Å². The summed E-state index contributed by atoms with van der Waals surface area (Å²) in [5.74, 6) is 0. The zero-order valence-electron chi connectivity index (χ0n) is 7.72. The highest BCUT2D eigenvalue weighted by Crippen LogP contribution is 2.30. The van der Waals surface area contributed by atoms with E-state index >= 15 is 0 Å². The van der Waals surface area contributed by atoms with Gasteiger partial charge in [-0.1, -0.05) is 23.8 Å². The van der Waals surface area contributed by atoms with E-state index in [9.17, 15) is 0 Å². The summed E-state index contributed by atoms with van der Waals surface area (Å²) in [6, 6.07) is 7.38. The Morgan fingerprint density at radius 1 is 1.42 bits per heavy atom. The lowest BCUT2D eigenvalue weighted by molar-refractivity contribution is 0.590. The molecule has 64 valence electrons. The third-order valence-electron chi connectivity index (χ3n) is 2.72. The van der Waals surface area contributed by atoms with Crippen molar-refractivity contribution in [2.24, 2.45) is 0 Å². The normalized spacial score (nSPS) is 21.0. The van der Waals surface area contributed by atoms with Gasteiger partial charge >= 0.3 is 0 Å². The summed E-state index contributed by atoms with van der Waals surface area (Å²) in [5, 5.41) is 3.34. The fraction of sp³-hybridized carbons (Fsp3) is 0.455. The van der Waals surface area contributed by atoms with Gasteiger partial charge in [0.05, 0.1) is 0 Å². The maximum absolute atomic E-state index is 3.34. The molecule has 2 rings (SSSR count). The molecule has 0 heterocycles. The van der Waals surface area contributed by atoms with Crippen LogP contribution in [-0.2, 0) is 6.42 Å². The van der Waals surface area contributed by atoms with Crippen LogP contribution in [0.25, 0.3) is 0 Å². The van der Waals surface area contributed by atoms with Gasteiger partial charge in [0.2, 0.25) is 0 Å². The molecule has 1 unspecified atom stereocenters. The van der Waals surface area contributed by atoms with E-state index in [-0.39, 0.29) is 0 Å². The van der Waals surface area contributed by atoms with Gasteiger partial charge in [0.25, 0.3) is 0 Å². The minimum Gasteiger partial charge on any atom is -0.313 e. The minimum atomic E-state index is 0.598. The van der Waals surface area contributed by atoms with Gasteiger partial charge in [-0.2, -0.15) is 0 Å². The lowest BCUT2D eigenvalue weighted by atomic mass is 10.1. The molecule has 1 aliphatic rings. The van der Waals surface area contributed by atoms with E-state index < -0.39 is 0 Å². The van der Waals surface area contributed by atoms with E-state index in [4.69, 9.17) is 0 Å². The van der Waals surface area contributed by atoms with Crippen molar-refractivity contribution in [3.8, 4) is 0 Å². The molecule has 1 atom stereocenters. The molecule has 0 aromatic heterocycles. The first-order valence-electron chi connectivity index (χ1n) is 4.58. The van der Waals surface area contributed by atoms with Crippen LogP contribution >= 0.6 is 0 Å². The Morgan fingerprint density at radius 2 is 2.25 bits per heavy atom. The zero-order valence-corrected chi connectivity index (χ0v) is 7.72. The number of hydrogen-bond acceptors (Lipinski definition) is 1. The highest BCUT2D eigenvalue weighted by molar-refractivity contribution is 5.37. The van der Waals surface area contributed by atoms with Gasteiger partial charge in [0.1, 0.15) is 0 Å². The Hall–Kier alpha value is -0.820. The van der Waals surface area contributed by atoms with Crippen molar-refractivity contribution >= 4 is 0 Å². The number of rotatable bonds is 1. The van der Waals surface area contributed by atoms with Crippen molar-refractivity contribution in [1.82, 2.24) is 5.32 Å². The van der Waals surface area contributed by atoms with Crippen LogP contribution in [0.1, 0.15) is 29.2 Å². The fourth-order valence-corrected chi connectivity index (χ4v) is 2.05. The van der Waals surface area contributed by atoms with Crippen LogP contribution in [0.5, 0.6) is 0 Å². The van der Waals surface area contributed by atoms with Crippen molar-refractivity contribution in [2.45, 2.75) is 25.8 Å². The monoisotopic (exact) mass is 161 g/mol. The third-order valence-corrected chi connectivity index (χ3v) is 2.72. The second kappa shape index (κ2) is 2.91. The van der Waals surface area contributed by atoms with E-state index in [0.717, 1.165) is 0 Å². The quantitative estimate of drug-likeness (QED) is 0.666. The van der Waals surface area contributed by atoms with Crippen LogP contribution in [0.15, 0.2) is 18.2 Å². The first kappa shape index (κ1) is 7.81. The topological polar surface area (TPSA) is 12.0 Å². The summed E-state index contributed by atoms with van der Waals surface area (Å²) in [4.78, 5) is 0. The molecule has 1 N–H and O–H groups in total. The fourth-order valence-electron chi connectivity index (χ4n) is 2.05. The molecule has 0 saturated heterocycles. The molecule has 0 saturated carbocycles. The minimum absolute atomic E-state index is 0.598. The maximum atomic E-state index is 3.34. The van der Waals surface area contributed by atoms with E-state index in [1.54, 1.807) is 0 Å². The molecule has 12 heavy (non-hydrogen) atoms. The second-order valence-electron chi connectivity index (χ2n) is 3.58. The van der Waals surface area contributed by atoms with Crippen molar-refractivity contribution in [3.05, 3.63) is 34.9 Å². The van der Waals surface area contributed by atoms with Crippen LogP contribution in [0, 0.1) is 6.92 Å². The Bertz CT molecular complexity index is 291. The summed E-state index contributed by atoms with van der Waals surface area (Å²) >= 11 is 0. The van der Waals surface area contributed by atoms with Crippen LogP contribution in [0.4, 0.5) is 0 Å². The molecule has 0 fully saturated rings. The molecule has 0 amide bonds. The lowest BCUT2D eigenvalue weighted by Crippen LogP contribution is -2.12. The van der Waals surface area contributed by atoms with Gasteiger partial charge in [-0.25, -0.2) is 0 Å². The SMILES string of the molecule is CNC1CCc2cc(C)ccc21. The molecular weight excluding hydrogens is 146 g/mol. The summed E-state index contributed by atoms with van der Waals surface area (Å²) in [5.41, 5.74) is 4.42. The van der Waals surface area contributed by atoms with Crippen molar-refractivity contribution in [1.29, 1.82) is 0 Å². The average Bonchev–Trinajstić information content (AvgIpc) is 2.46. The van der Waals surface area contributed by atoms with Gasteiger partial charge in [-0.15, -0.1) is 0 Å². The first-order valence-corrected chi connectivity index (χ1v) is 4.58. The van der Waals surface area contributed by atoms with Crippen LogP contribution in [-0.4, -0.2) is 7.05 Å². The maximum Gasteiger partial charge on any atom is 0.0323 e. The van der Waals surface area contributed by atoms with E-state index in [0.29, 0.717) is 6.04 Å². The Labute approximate surface area is 73.8 Å². The number of fused-ring (bicyclic) bond motifs is 1. The highest BCUT2D eigenvalue weighted by Gasteiger charge is 2.19. The molecule has 1 aromatic carbocycles. The molecule has 0 aliphatic heterocycles. The summed E-state index contributed by atoms with van der Waals surface area (Å²) in [6.07, 6.45) is 2.50. The van der Waals surface area contributed by atoms with Crippen LogP contribution < -0.4 is 5.32 Å². The van der Waals surface area contributed by atoms with Crippen LogP contribution in [0.2, 0.25) is 0 Å². The molecule has 1 aliphatic carbocycles. The zero-order chi connectivity index (χ0) is 8.55. The predicted octanol–water partition coefficient (Wildman–Crippen LogP) is 2.20. The molecule has 0 radical (unpaired) electrons.